The minimum absolute atomic E-state index is 0.239. The van der Waals surface area contributed by atoms with Crippen LogP contribution in [0.3, 0.4) is 0 Å². The SMILES string of the molecule is Nc1ncnc2c1c(-n1ccc3cc(O)c(F)cc31)cn2C1CCc2ccccc2C1. The first kappa shape index (κ1) is 17.9. The normalized spacial score (nSPS) is 16.1. The second kappa shape index (κ2) is 6.57. The second-order valence-corrected chi connectivity index (χ2v) is 8.09. The fourth-order valence-electron chi connectivity index (χ4n) is 4.82. The number of phenolic OH excluding ortho intramolecular Hbond substituents is 1. The number of aromatic nitrogens is 4. The summed E-state index contributed by atoms with van der Waals surface area (Å²) in [6.45, 7) is 0. The van der Waals surface area contributed by atoms with Gasteiger partial charge < -0.3 is 20.0 Å². The van der Waals surface area contributed by atoms with E-state index in [0.29, 0.717) is 11.3 Å². The van der Waals surface area contributed by atoms with Gasteiger partial charge in [-0.05, 0) is 42.5 Å². The number of benzene rings is 2. The zero-order chi connectivity index (χ0) is 21.1. The number of aryl methyl sites for hydroxylation is 1. The van der Waals surface area contributed by atoms with Gasteiger partial charge in [-0.25, -0.2) is 14.4 Å². The van der Waals surface area contributed by atoms with Crippen molar-refractivity contribution in [2.75, 3.05) is 5.73 Å². The van der Waals surface area contributed by atoms with Gasteiger partial charge in [-0.2, -0.15) is 0 Å². The summed E-state index contributed by atoms with van der Waals surface area (Å²) < 4.78 is 18.2. The Morgan fingerprint density at radius 1 is 1.10 bits per heavy atom. The minimum Gasteiger partial charge on any atom is -0.505 e. The number of rotatable bonds is 2. The predicted octanol–water partition coefficient (Wildman–Crippen LogP) is 4.53. The number of halogens is 1. The Morgan fingerprint density at radius 3 is 2.81 bits per heavy atom. The first-order valence-corrected chi connectivity index (χ1v) is 10.3. The molecule has 0 amide bonds. The van der Waals surface area contributed by atoms with Crippen molar-refractivity contribution in [1.29, 1.82) is 0 Å². The first-order chi connectivity index (χ1) is 15.1. The van der Waals surface area contributed by atoms with Gasteiger partial charge in [0.2, 0.25) is 0 Å². The molecule has 1 aliphatic carbocycles. The Kier molecular flexibility index (Phi) is 3.80. The highest BCUT2D eigenvalue weighted by molar-refractivity contribution is 5.97. The van der Waals surface area contributed by atoms with Crippen LogP contribution in [-0.4, -0.2) is 24.2 Å². The summed E-state index contributed by atoms with van der Waals surface area (Å²) in [5, 5.41) is 11.2. The molecule has 2 aromatic carbocycles. The van der Waals surface area contributed by atoms with E-state index in [1.807, 2.05) is 23.0 Å². The third kappa shape index (κ3) is 2.70. The van der Waals surface area contributed by atoms with E-state index in [-0.39, 0.29) is 11.8 Å². The van der Waals surface area contributed by atoms with E-state index in [1.54, 1.807) is 0 Å². The highest BCUT2D eigenvalue weighted by atomic mass is 19.1. The molecule has 3 aromatic heterocycles. The lowest BCUT2D eigenvalue weighted by Crippen LogP contribution is -2.18. The second-order valence-electron chi connectivity index (χ2n) is 8.09. The summed E-state index contributed by atoms with van der Waals surface area (Å²) in [4.78, 5) is 8.77. The fraction of sp³-hybridized carbons (Fsp3) is 0.167. The number of phenols is 1. The number of nitrogens with zero attached hydrogens (tertiary/aromatic N) is 4. The molecule has 0 aliphatic heterocycles. The molecule has 3 heterocycles. The number of anilines is 1. The smallest absolute Gasteiger partial charge is 0.166 e. The molecule has 0 radical (unpaired) electrons. The van der Waals surface area contributed by atoms with Crippen molar-refractivity contribution in [3.8, 4) is 11.4 Å². The van der Waals surface area contributed by atoms with Crippen molar-refractivity contribution < 1.29 is 9.50 Å². The molecule has 1 atom stereocenters. The van der Waals surface area contributed by atoms with Gasteiger partial charge in [0, 0.05) is 29.9 Å². The third-order valence-electron chi connectivity index (χ3n) is 6.35. The van der Waals surface area contributed by atoms with Crippen molar-refractivity contribution in [3.05, 3.63) is 78.1 Å². The van der Waals surface area contributed by atoms with Gasteiger partial charge >= 0.3 is 0 Å². The Balaban J connectivity index is 1.55. The molecule has 0 bridgehead atoms. The van der Waals surface area contributed by atoms with Crippen molar-refractivity contribution in [2.24, 2.45) is 0 Å². The number of aromatic hydroxyl groups is 1. The van der Waals surface area contributed by atoms with Gasteiger partial charge in [0.05, 0.1) is 16.6 Å². The van der Waals surface area contributed by atoms with E-state index in [9.17, 15) is 9.50 Å². The van der Waals surface area contributed by atoms with Gasteiger partial charge in [-0.1, -0.05) is 24.3 Å². The summed E-state index contributed by atoms with van der Waals surface area (Å²) in [5.74, 6) is -0.642. The Labute approximate surface area is 177 Å². The molecule has 1 unspecified atom stereocenters. The van der Waals surface area contributed by atoms with Crippen LogP contribution in [0.4, 0.5) is 10.2 Å². The van der Waals surface area contributed by atoms with Crippen LogP contribution in [0, 0.1) is 5.82 Å². The van der Waals surface area contributed by atoms with Crippen molar-refractivity contribution >= 4 is 27.8 Å². The van der Waals surface area contributed by atoms with Crippen LogP contribution in [0.2, 0.25) is 0 Å². The maximum Gasteiger partial charge on any atom is 0.166 e. The van der Waals surface area contributed by atoms with Crippen LogP contribution < -0.4 is 5.73 Å². The molecule has 31 heavy (non-hydrogen) atoms. The predicted molar refractivity (Wildman–Crippen MR) is 118 cm³/mol. The first-order valence-electron chi connectivity index (χ1n) is 10.3. The highest BCUT2D eigenvalue weighted by Gasteiger charge is 2.25. The summed E-state index contributed by atoms with van der Waals surface area (Å²) in [5.41, 5.74) is 11.3. The van der Waals surface area contributed by atoms with Gasteiger partial charge in [0.15, 0.2) is 11.6 Å². The Hall–Kier alpha value is -3.87. The van der Waals surface area contributed by atoms with Crippen LogP contribution >= 0.6 is 0 Å². The van der Waals surface area contributed by atoms with E-state index in [1.165, 1.54) is 29.6 Å². The maximum absolute atomic E-state index is 14.1. The zero-order valence-corrected chi connectivity index (χ0v) is 16.7. The van der Waals surface area contributed by atoms with Gasteiger partial charge in [0.1, 0.15) is 17.8 Å². The zero-order valence-electron chi connectivity index (χ0n) is 16.7. The molecule has 3 N–H and O–H groups in total. The molecule has 7 heteroatoms. The van der Waals surface area contributed by atoms with E-state index in [4.69, 9.17) is 5.73 Å². The van der Waals surface area contributed by atoms with Gasteiger partial charge in [-0.3, -0.25) is 0 Å². The molecule has 0 saturated carbocycles. The number of nitrogen functional groups attached to an aromatic ring is 1. The summed E-state index contributed by atoms with van der Waals surface area (Å²) in [7, 11) is 0. The summed E-state index contributed by atoms with van der Waals surface area (Å²) >= 11 is 0. The number of nitrogens with two attached hydrogens (primary N) is 1. The Bertz CT molecular complexity index is 1470. The molecule has 5 aromatic rings. The van der Waals surface area contributed by atoms with Crippen molar-refractivity contribution in [1.82, 2.24) is 19.1 Å². The van der Waals surface area contributed by atoms with Crippen molar-refractivity contribution in [3.63, 3.8) is 0 Å². The molecule has 0 fully saturated rings. The lowest BCUT2D eigenvalue weighted by molar-refractivity contribution is 0.433. The quantitative estimate of drug-likeness (QED) is 0.445. The highest BCUT2D eigenvalue weighted by Crippen LogP contribution is 2.37. The van der Waals surface area contributed by atoms with E-state index >= 15 is 0 Å². The largest absolute Gasteiger partial charge is 0.505 e. The molecule has 154 valence electrons. The number of fused-ring (bicyclic) bond motifs is 3. The van der Waals surface area contributed by atoms with Gasteiger partial charge in [-0.15, -0.1) is 0 Å². The monoisotopic (exact) mass is 413 g/mol. The number of hydrogen-bond acceptors (Lipinski definition) is 4. The lowest BCUT2D eigenvalue weighted by Gasteiger charge is -2.26. The van der Waals surface area contributed by atoms with Gasteiger partial charge in [0.25, 0.3) is 0 Å². The van der Waals surface area contributed by atoms with Crippen LogP contribution in [0.25, 0.3) is 27.6 Å². The molecule has 0 spiro atoms. The van der Waals surface area contributed by atoms with Crippen LogP contribution in [0.5, 0.6) is 5.75 Å². The molecule has 6 nitrogen and oxygen atoms in total. The molecule has 1 aliphatic rings. The lowest BCUT2D eigenvalue weighted by atomic mass is 9.88. The third-order valence-corrected chi connectivity index (χ3v) is 6.35. The van der Waals surface area contributed by atoms with Crippen molar-refractivity contribution in [2.45, 2.75) is 25.3 Å². The molecule has 0 saturated heterocycles. The minimum atomic E-state index is -0.663. The topological polar surface area (TPSA) is 81.9 Å². The molecular weight excluding hydrogens is 393 g/mol. The standard InChI is InChI=1S/C24H20FN5O/c25-18-11-19-16(10-21(18)31)7-8-29(19)20-12-30(24-22(20)23(26)27-13-28-24)17-6-5-14-3-1-2-4-15(14)9-17/h1-4,7-8,10-13,17,31H,5-6,9H2,(H2,26,27,28). The summed E-state index contributed by atoms with van der Waals surface area (Å²) in [6.07, 6.45) is 8.30. The van der Waals surface area contributed by atoms with E-state index in [2.05, 4.69) is 38.8 Å². The number of hydrogen-bond donors (Lipinski definition) is 2. The van der Waals surface area contributed by atoms with Crippen LogP contribution in [-0.2, 0) is 12.8 Å². The molecular formula is C24H20FN5O. The van der Waals surface area contributed by atoms with Crippen LogP contribution in [0.15, 0.2) is 61.2 Å². The maximum atomic E-state index is 14.1. The van der Waals surface area contributed by atoms with E-state index in [0.717, 1.165) is 41.4 Å². The Morgan fingerprint density at radius 2 is 1.94 bits per heavy atom. The average Bonchev–Trinajstić information content (AvgIpc) is 3.36. The fourth-order valence-corrected chi connectivity index (χ4v) is 4.82. The van der Waals surface area contributed by atoms with E-state index < -0.39 is 5.82 Å². The average molecular weight is 413 g/mol. The molecule has 6 rings (SSSR count). The van der Waals surface area contributed by atoms with Crippen LogP contribution in [0.1, 0.15) is 23.6 Å². The summed E-state index contributed by atoms with van der Waals surface area (Å²) in [6, 6.07) is 13.4.